The molecule has 0 bridgehead atoms. The first kappa shape index (κ1) is 16.9. The van der Waals surface area contributed by atoms with Crippen molar-refractivity contribution in [2.24, 2.45) is 0 Å². The normalized spacial score (nSPS) is 10.9. The van der Waals surface area contributed by atoms with Crippen LogP contribution < -0.4 is 4.74 Å². The first-order chi connectivity index (χ1) is 11.8. The highest BCUT2D eigenvalue weighted by atomic mass is 32.2. The molecular weight excluding hydrogens is 342 g/mol. The molecule has 126 valence electrons. The maximum Gasteiger partial charge on any atom is 0.214 e. The van der Waals surface area contributed by atoms with Gasteiger partial charge in [-0.25, -0.2) is 4.98 Å². The van der Waals surface area contributed by atoms with E-state index in [0.29, 0.717) is 6.61 Å². The van der Waals surface area contributed by atoms with Crippen LogP contribution in [0.5, 0.6) is 5.75 Å². The Morgan fingerprint density at radius 2 is 2.12 bits per heavy atom. The summed E-state index contributed by atoms with van der Waals surface area (Å²) in [5.41, 5.74) is 1.91. The van der Waals surface area contributed by atoms with Gasteiger partial charge in [-0.15, -0.1) is 16.4 Å². The monoisotopic (exact) mass is 361 g/mol. The van der Waals surface area contributed by atoms with Crippen LogP contribution in [0.1, 0.15) is 31.0 Å². The molecule has 0 saturated heterocycles. The van der Waals surface area contributed by atoms with Gasteiger partial charge in [0.2, 0.25) is 5.16 Å². The number of ether oxygens (including phenoxy) is 1. The molecule has 0 aliphatic carbocycles. The SMILES string of the molecule is CCCc1nc(CSc2nnnn2-c2ccccc2OCC)cs1. The smallest absolute Gasteiger partial charge is 0.214 e. The molecule has 0 fully saturated rings. The Morgan fingerprint density at radius 3 is 2.96 bits per heavy atom. The summed E-state index contributed by atoms with van der Waals surface area (Å²) in [6.45, 7) is 4.72. The minimum Gasteiger partial charge on any atom is -0.492 e. The molecule has 0 atom stereocenters. The number of thioether (sulfide) groups is 1. The standard InChI is InChI=1S/C16H19N5OS2/c1-3-7-15-17-12(10-23-15)11-24-16-18-19-20-21(16)13-8-5-6-9-14(13)22-4-2/h5-6,8-10H,3-4,7,11H2,1-2H3. The van der Waals surface area contributed by atoms with Crippen molar-refractivity contribution in [2.75, 3.05) is 6.61 Å². The number of benzene rings is 1. The second-order valence-corrected chi connectivity index (χ2v) is 6.93. The van der Waals surface area contributed by atoms with Gasteiger partial charge in [-0.3, -0.25) is 0 Å². The van der Waals surface area contributed by atoms with E-state index in [-0.39, 0.29) is 0 Å². The Balaban J connectivity index is 1.75. The van der Waals surface area contributed by atoms with Crippen LogP contribution in [0.4, 0.5) is 0 Å². The molecule has 0 unspecified atom stereocenters. The van der Waals surface area contributed by atoms with Crippen LogP contribution in [0, 0.1) is 0 Å². The van der Waals surface area contributed by atoms with Crippen LogP contribution in [-0.4, -0.2) is 31.8 Å². The second kappa shape index (κ2) is 8.25. The Bertz CT molecular complexity index is 786. The van der Waals surface area contributed by atoms with Crippen LogP contribution in [0.3, 0.4) is 0 Å². The van der Waals surface area contributed by atoms with Gasteiger partial charge in [0.1, 0.15) is 11.4 Å². The second-order valence-electron chi connectivity index (χ2n) is 5.05. The van der Waals surface area contributed by atoms with Crippen molar-refractivity contribution in [3.8, 4) is 11.4 Å². The molecule has 0 amide bonds. The lowest BCUT2D eigenvalue weighted by molar-refractivity contribution is 0.337. The Morgan fingerprint density at radius 1 is 1.25 bits per heavy atom. The minimum absolute atomic E-state index is 0.598. The lowest BCUT2D eigenvalue weighted by atomic mass is 10.3. The quantitative estimate of drug-likeness (QED) is 0.569. The fraction of sp³-hybridized carbons (Fsp3) is 0.375. The molecule has 1 aromatic carbocycles. The van der Waals surface area contributed by atoms with Crippen molar-refractivity contribution in [2.45, 2.75) is 37.6 Å². The first-order valence-electron chi connectivity index (χ1n) is 7.88. The van der Waals surface area contributed by atoms with Crippen LogP contribution in [0.15, 0.2) is 34.8 Å². The van der Waals surface area contributed by atoms with Gasteiger partial charge in [0.15, 0.2) is 0 Å². The van der Waals surface area contributed by atoms with Crippen LogP contribution in [-0.2, 0) is 12.2 Å². The molecule has 6 nitrogen and oxygen atoms in total. The average Bonchev–Trinajstić information content (AvgIpc) is 3.23. The number of rotatable bonds is 8. The summed E-state index contributed by atoms with van der Waals surface area (Å²) in [4.78, 5) is 4.64. The van der Waals surface area contributed by atoms with E-state index in [0.717, 1.165) is 40.9 Å². The van der Waals surface area contributed by atoms with E-state index in [9.17, 15) is 0 Å². The number of para-hydroxylation sites is 2. The number of tetrazole rings is 1. The van der Waals surface area contributed by atoms with E-state index in [1.165, 1.54) is 5.01 Å². The summed E-state index contributed by atoms with van der Waals surface area (Å²) < 4.78 is 7.39. The molecule has 0 spiro atoms. The number of aromatic nitrogens is 5. The number of hydrogen-bond donors (Lipinski definition) is 0. The lowest BCUT2D eigenvalue weighted by Crippen LogP contribution is -2.03. The van der Waals surface area contributed by atoms with E-state index >= 15 is 0 Å². The largest absolute Gasteiger partial charge is 0.492 e. The van der Waals surface area contributed by atoms with E-state index in [4.69, 9.17) is 4.74 Å². The van der Waals surface area contributed by atoms with E-state index in [1.54, 1.807) is 27.8 Å². The van der Waals surface area contributed by atoms with Gasteiger partial charge in [-0.2, -0.15) is 4.68 Å². The summed E-state index contributed by atoms with van der Waals surface area (Å²) in [5.74, 6) is 1.52. The number of aryl methyl sites for hydroxylation is 1. The number of nitrogens with zero attached hydrogens (tertiary/aromatic N) is 5. The lowest BCUT2D eigenvalue weighted by Gasteiger charge is -2.10. The number of hydrogen-bond acceptors (Lipinski definition) is 7. The summed E-state index contributed by atoms with van der Waals surface area (Å²) in [6, 6.07) is 7.77. The van der Waals surface area contributed by atoms with E-state index < -0.39 is 0 Å². The molecule has 3 rings (SSSR count). The zero-order chi connectivity index (χ0) is 16.8. The molecular formula is C16H19N5OS2. The number of thiazole rings is 1. The van der Waals surface area contributed by atoms with Crippen LogP contribution in [0.25, 0.3) is 5.69 Å². The minimum atomic E-state index is 0.598. The first-order valence-corrected chi connectivity index (χ1v) is 9.75. The molecule has 0 saturated carbocycles. The van der Waals surface area contributed by atoms with Gasteiger partial charge in [-0.05, 0) is 42.3 Å². The van der Waals surface area contributed by atoms with Crippen LogP contribution >= 0.6 is 23.1 Å². The molecule has 0 radical (unpaired) electrons. The summed E-state index contributed by atoms with van der Waals surface area (Å²) in [5, 5.41) is 16.1. The van der Waals surface area contributed by atoms with Crippen LogP contribution in [0.2, 0.25) is 0 Å². The van der Waals surface area contributed by atoms with Gasteiger partial charge in [-0.1, -0.05) is 30.8 Å². The molecule has 8 heteroatoms. The van der Waals surface area contributed by atoms with Crippen molar-refractivity contribution in [1.29, 1.82) is 0 Å². The third-order valence-electron chi connectivity index (χ3n) is 3.25. The molecule has 0 aliphatic heterocycles. The topological polar surface area (TPSA) is 65.7 Å². The van der Waals surface area contributed by atoms with Crippen molar-refractivity contribution < 1.29 is 4.74 Å². The molecule has 2 aromatic heterocycles. The van der Waals surface area contributed by atoms with Gasteiger partial charge < -0.3 is 4.74 Å². The van der Waals surface area contributed by atoms with Gasteiger partial charge in [0.05, 0.1) is 17.3 Å². The molecule has 0 aliphatic rings. The molecule has 3 aromatic rings. The molecule has 24 heavy (non-hydrogen) atoms. The van der Waals surface area contributed by atoms with Gasteiger partial charge in [0, 0.05) is 11.1 Å². The maximum atomic E-state index is 5.67. The summed E-state index contributed by atoms with van der Waals surface area (Å²) >= 11 is 3.29. The van der Waals surface area contributed by atoms with Crippen molar-refractivity contribution >= 4 is 23.1 Å². The predicted molar refractivity (Wildman–Crippen MR) is 96.0 cm³/mol. The van der Waals surface area contributed by atoms with Crippen molar-refractivity contribution in [3.05, 3.63) is 40.3 Å². The highest BCUT2D eigenvalue weighted by molar-refractivity contribution is 7.98. The Kier molecular flexibility index (Phi) is 5.81. The molecule has 2 heterocycles. The fourth-order valence-electron chi connectivity index (χ4n) is 2.21. The zero-order valence-electron chi connectivity index (χ0n) is 13.7. The summed E-state index contributed by atoms with van der Waals surface area (Å²) in [7, 11) is 0. The third-order valence-corrected chi connectivity index (χ3v) is 5.16. The Labute approximate surface area is 149 Å². The highest BCUT2D eigenvalue weighted by Crippen LogP contribution is 2.28. The van der Waals surface area contributed by atoms with Gasteiger partial charge >= 0.3 is 0 Å². The van der Waals surface area contributed by atoms with Gasteiger partial charge in [0.25, 0.3) is 0 Å². The van der Waals surface area contributed by atoms with Crippen molar-refractivity contribution in [3.63, 3.8) is 0 Å². The zero-order valence-corrected chi connectivity index (χ0v) is 15.3. The fourth-order valence-corrected chi connectivity index (χ4v) is 3.99. The maximum absolute atomic E-state index is 5.67. The average molecular weight is 361 g/mol. The van der Waals surface area contributed by atoms with E-state index in [2.05, 4.69) is 32.8 Å². The third kappa shape index (κ3) is 3.93. The summed E-state index contributed by atoms with van der Waals surface area (Å²) in [6.07, 6.45) is 2.15. The van der Waals surface area contributed by atoms with E-state index in [1.807, 2.05) is 31.2 Å². The van der Waals surface area contributed by atoms with Crippen molar-refractivity contribution in [1.82, 2.24) is 25.2 Å². The Hall–Kier alpha value is -1.93. The molecule has 0 N–H and O–H groups in total. The highest BCUT2D eigenvalue weighted by Gasteiger charge is 2.14. The predicted octanol–water partition coefficient (Wildman–Crippen LogP) is 3.76.